The number of aryl methyl sites for hydroxylation is 1. The van der Waals surface area contributed by atoms with Crippen LogP contribution in [-0.4, -0.2) is 32.5 Å². The summed E-state index contributed by atoms with van der Waals surface area (Å²) in [4.78, 5) is 19.8. The van der Waals surface area contributed by atoms with E-state index >= 15 is 0 Å². The molecule has 0 saturated carbocycles. The lowest BCUT2D eigenvalue weighted by molar-refractivity contribution is 0.0726. The Balaban J connectivity index is 1.82. The number of carbonyl (C=O) groups is 1. The average molecular weight is 276 g/mol. The van der Waals surface area contributed by atoms with Crippen molar-refractivity contribution in [3.05, 3.63) is 34.0 Å². The number of nitrogens with one attached hydrogen (secondary N) is 1. The molecule has 0 bridgehead atoms. The lowest BCUT2D eigenvalue weighted by atomic mass is 10.2. The van der Waals surface area contributed by atoms with Crippen LogP contribution in [0.1, 0.15) is 47.1 Å². The molecule has 1 aliphatic rings. The molecule has 0 spiro atoms. The van der Waals surface area contributed by atoms with E-state index in [1.165, 1.54) is 4.88 Å². The summed E-state index contributed by atoms with van der Waals surface area (Å²) >= 11 is 1.70. The maximum absolute atomic E-state index is 12.5. The van der Waals surface area contributed by atoms with Gasteiger partial charge < -0.3 is 4.90 Å². The van der Waals surface area contributed by atoms with Crippen LogP contribution in [-0.2, 0) is 6.42 Å². The van der Waals surface area contributed by atoms with Gasteiger partial charge in [-0.05, 0) is 24.3 Å². The Labute approximate surface area is 115 Å². The highest BCUT2D eigenvalue weighted by molar-refractivity contribution is 7.10. The van der Waals surface area contributed by atoms with Crippen molar-refractivity contribution in [2.45, 2.75) is 32.2 Å². The minimum Gasteiger partial charge on any atom is -0.328 e. The number of likely N-dealkylation sites (tertiary alicyclic amines) is 1. The molecule has 0 aliphatic carbocycles. The van der Waals surface area contributed by atoms with E-state index < -0.39 is 0 Å². The van der Waals surface area contributed by atoms with Crippen LogP contribution in [0.5, 0.6) is 0 Å². The molecule has 2 aromatic heterocycles. The van der Waals surface area contributed by atoms with Crippen LogP contribution in [0.3, 0.4) is 0 Å². The lowest BCUT2D eigenvalue weighted by Gasteiger charge is -2.22. The number of amides is 1. The fourth-order valence-electron chi connectivity index (χ4n) is 2.46. The Bertz CT molecular complexity index is 563. The van der Waals surface area contributed by atoms with Gasteiger partial charge in [-0.3, -0.25) is 9.89 Å². The van der Waals surface area contributed by atoms with Crippen molar-refractivity contribution in [3.8, 4) is 0 Å². The summed E-state index contributed by atoms with van der Waals surface area (Å²) in [7, 11) is 0. The van der Waals surface area contributed by atoms with Crippen LogP contribution in [0.2, 0.25) is 0 Å². The van der Waals surface area contributed by atoms with Gasteiger partial charge in [0, 0.05) is 17.8 Å². The molecule has 1 aliphatic heterocycles. The molecule has 5 nitrogen and oxygen atoms in total. The Morgan fingerprint density at radius 3 is 3.21 bits per heavy atom. The zero-order valence-electron chi connectivity index (χ0n) is 10.8. The molecular formula is C13H16N4OS. The van der Waals surface area contributed by atoms with Gasteiger partial charge in [0.15, 0.2) is 0 Å². The highest BCUT2D eigenvalue weighted by atomic mass is 32.1. The third-order valence-electron chi connectivity index (χ3n) is 3.44. The number of thiophene rings is 1. The molecule has 1 amide bonds. The van der Waals surface area contributed by atoms with Gasteiger partial charge in [-0.2, -0.15) is 0 Å². The van der Waals surface area contributed by atoms with Gasteiger partial charge in [0.25, 0.3) is 5.91 Å². The van der Waals surface area contributed by atoms with Crippen molar-refractivity contribution in [3.63, 3.8) is 0 Å². The molecule has 2 aromatic rings. The van der Waals surface area contributed by atoms with E-state index in [1.54, 1.807) is 11.3 Å². The van der Waals surface area contributed by atoms with E-state index in [0.717, 1.165) is 31.6 Å². The molecule has 100 valence electrons. The molecule has 6 heteroatoms. The van der Waals surface area contributed by atoms with Crippen LogP contribution in [0, 0.1) is 0 Å². The maximum Gasteiger partial charge on any atom is 0.294 e. The highest BCUT2D eigenvalue weighted by Gasteiger charge is 2.32. The van der Waals surface area contributed by atoms with Crippen molar-refractivity contribution < 1.29 is 4.79 Å². The molecule has 0 radical (unpaired) electrons. The fourth-order valence-corrected chi connectivity index (χ4v) is 3.34. The summed E-state index contributed by atoms with van der Waals surface area (Å²) in [5.74, 6) is 0.988. The zero-order chi connectivity index (χ0) is 13.2. The van der Waals surface area contributed by atoms with Gasteiger partial charge in [0.2, 0.25) is 5.82 Å². The first-order chi connectivity index (χ1) is 9.29. The summed E-state index contributed by atoms with van der Waals surface area (Å²) in [5.41, 5.74) is 0. The van der Waals surface area contributed by atoms with Gasteiger partial charge in [-0.25, -0.2) is 4.98 Å². The van der Waals surface area contributed by atoms with Gasteiger partial charge in [0.05, 0.1) is 6.04 Å². The molecule has 3 heterocycles. The second-order valence-electron chi connectivity index (χ2n) is 4.63. The number of nitrogens with zero attached hydrogens (tertiary/aromatic N) is 3. The van der Waals surface area contributed by atoms with Gasteiger partial charge >= 0.3 is 0 Å². The van der Waals surface area contributed by atoms with Gasteiger partial charge in [0.1, 0.15) is 5.82 Å². The number of carbonyl (C=O) groups excluding carboxylic acids is 1. The Hall–Kier alpha value is -1.69. The van der Waals surface area contributed by atoms with Crippen LogP contribution in [0.4, 0.5) is 0 Å². The number of aromatic nitrogens is 3. The Morgan fingerprint density at radius 2 is 2.53 bits per heavy atom. The standard InChI is InChI=1S/C13H16N4OS/c1-2-11-14-12(16-15-11)13(18)17-7-3-5-9(17)10-6-4-8-19-10/h4,6,8-9H,2-3,5,7H2,1H3,(H,14,15,16). The van der Waals surface area contributed by atoms with E-state index in [1.807, 2.05) is 17.9 Å². The third-order valence-corrected chi connectivity index (χ3v) is 4.42. The molecule has 1 fully saturated rings. The Kier molecular flexibility index (Phi) is 3.33. The molecule has 19 heavy (non-hydrogen) atoms. The first-order valence-corrected chi connectivity index (χ1v) is 7.43. The first kappa shape index (κ1) is 12.3. The number of H-pyrrole nitrogens is 1. The summed E-state index contributed by atoms with van der Waals surface area (Å²) in [6, 6.07) is 4.32. The smallest absolute Gasteiger partial charge is 0.294 e. The predicted molar refractivity (Wildman–Crippen MR) is 73.1 cm³/mol. The summed E-state index contributed by atoms with van der Waals surface area (Å²) in [6.45, 7) is 2.77. The van der Waals surface area contributed by atoms with E-state index in [4.69, 9.17) is 0 Å². The van der Waals surface area contributed by atoms with Crippen LogP contribution >= 0.6 is 11.3 Å². The number of aromatic amines is 1. The van der Waals surface area contributed by atoms with Gasteiger partial charge in [-0.1, -0.05) is 13.0 Å². The quantitative estimate of drug-likeness (QED) is 0.936. The Morgan fingerprint density at radius 1 is 1.63 bits per heavy atom. The highest BCUT2D eigenvalue weighted by Crippen LogP contribution is 2.35. The van der Waals surface area contributed by atoms with Crippen molar-refractivity contribution in [1.29, 1.82) is 0 Å². The van der Waals surface area contributed by atoms with E-state index in [-0.39, 0.29) is 11.9 Å². The predicted octanol–water partition coefficient (Wildman–Crippen LogP) is 2.41. The maximum atomic E-state index is 12.5. The summed E-state index contributed by atoms with van der Waals surface area (Å²) in [6.07, 6.45) is 2.82. The second kappa shape index (κ2) is 5.13. The molecular weight excluding hydrogens is 260 g/mol. The number of hydrogen-bond donors (Lipinski definition) is 1. The topological polar surface area (TPSA) is 61.9 Å². The average Bonchev–Trinajstić information content (AvgIpc) is 3.16. The normalized spacial score (nSPS) is 19.0. The minimum absolute atomic E-state index is 0.0631. The van der Waals surface area contributed by atoms with Crippen molar-refractivity contribution in [2.24, 2.45) is 0 Å². The van der Waals surface area contributed by atoms with Crippen molar-refractivity contribution >= 4 is 17.2 Å². The van der Waals surface area contributed by atoms with Gasteiger partial charge in [-0.15, -0.1) is 16.4 Å². The van der Waals surface area contributed by atoms with Crippen molar-refractivity contribution in [2.75, 3.05) is 6.54 Å². The second-order valence-corrected chi connectivity index (χ2v) is 5.61. The van der Waals surface area contributed by atoms with Crippen LogP contribution in [0.25, 0.3) is 0 Å². The van der Waals surface area contributed by atoms with E-state index in [0.29, 0.717) is 5.82 Å². The molecule has 0 aromatic carbocycles. The fraction of sp³-hybridized carbons (Fsp3) is 0.462. The molecule has 1 atom stereocenters. The largest absolute Gasteiger partial charge is 0.328 e. The molecule has 3 rings (SSSR count). The van der Waals surface area contributed by atoms with E-state index in [9.17, 15) is 4.79 Å². The summed E-state index contributed by atoms with van der Waals surface area (Å²) < 4.78 is 0. The third kappa shape index (κ3) is 2.28. The monoisotopic (exact) mass is 276 g/mol. The summed E-state index contributed by atoms with van der Waals surface area (Å²) in [5, 5.41) is 8.88. The SMILES string of the molecule is CCc1nc(C(=O)N2CCCC2c2cccs2)n[nH]1. The van der Waals surface area contributed by atoms with Crippen LogP contribution in [0.15, 0.2) is 17.5 Å². The van der Waals surface area contributed by atoms with Crippen molar-refractivity contribution in [1.82, 2.24) is 20.1 Å². The number of hydrogen-bond acceptors (Lipinski definition) is 4. The van der Waals surface area contributed by atoms with E-state index in [2.05, 4.69) is 26.6 Å². The molecule has 1 unspecified atom stereocenters. The first-order valence-electron chi connectivity index (χ1n) is 6.55. The lowest BCUT2D eigenvalue weighted by Crippen LogP contribution is -2.31. The zero-order valence-corrected chi connectivity index (χ0v) is 11.6. The molecule has 1 saturated heterocycles. The van der Waals surface area contributed by atoms with Crippen LogP contribution < -0.4 is 0 Å². The molecule has 1 N–H and O–H groups in total. The number of rotatable bonds is 3. The minimum atomic E-state index is -0.0631.